The molecule has 45 heavy (non-hydrogen) atoms. The minimum atomic E-state index is -1.22. The Kier molecular flexibility index (Phi) is 8.43. The molecule has 2 aliphatic rings. The van der Waals surface area contributed by atoms with E-state index in [0.717, 1.165) is 54.0 Å². The summed E-state index contributed by atoms with van der Waals surface area (Å²) in [6.45, 7) is 8.90. The molecule has 6 rings (SSSR count). The van der Waals surface area contributed by atoms with Crippen LogP contribution >= 0.6 is 22.9 Å². The molecular formula is C35H36ClN4O4S+. The SMILES string of the molecule is Cc1cc2c(s1)Nc1ccccc1N=C2N1CC[N+](C)(COC(=O)C(C)(C)Oc2ccc(C(=O)c3ccc(Cl)cc3)cc2)CC1. The summed E-state index contributed by atoms with van der Waals surface area (Å²) in [6, 6.07) is 23.8. The molecule has 2 aliphatic heterocycles. The summed E-state index contributed by atoms with van der Waals surface area (Å²) >= 11 is 7.68. The molecule has 0 atom stereocenters. The van der Waals surface area contributed by atoms with Gasteiger partial charge in [-0.15, -0.1) is 11.3 Å². The number of ketones is 1. The molecule has 0 saturated carbocycles. The largest absolute Gasteiger partial charge is 0.476 e. The predicted molar refractivity (Wildman–Crippen MR) is 179 cm³/mol. The Morgan fingerprint density at radius 2 is 1.64 bits per heavy atom. The fraction of sp³-hybridized carbons (Fsp3) is 0.286. The van der Waals surface area contributed by atoms with Crippen LogP contribution in [-0.2, 0) is 9.53 Å². The number of fused-ring (bicyclic) bond motifs is 2. The lowest BCUT2D eigenvalue weighted by Gasteiger charge is -2.42. The predicted octanol–water partition coefficient (Wildman–Crippen LogP) is 7.20. The molecule has 1 N–H and O–H groups in total. The Morgan fingerprint density at radius 1 is 1.00 bits per heavy atom. The molecular weight excluding hydrogens is 608 g/mol. The highest BCUT2D eigenvalue weighted by molar-refractivity contribution is 7.16. The molecule has 0 spiro atoms. The highest BCUT2D eigenvalue weighted by Crippen LogP contribution is 2.39. The van der Waals surface area contributed by atoms with Crippen LogP contribution in [0, 0.1) is 6.92 Å². The number of hydrogen-bond donors (Lipinski definition) is 1. The number of carbonyl (C=O) groups excluding carboxylic acids is 2. The first-order valence-corrected chi connectivity index (χ1v) is 16.1. The van der Waals surface area contributed by atoms with E-state index in [1.54, 1.807) is 73.7 Å². The molecule has 3 aromatic carbocycles. The number of nitrogens with zero attached hydrogens (tertiary/aromatic N) is 3. The maximum Gasteiger partial charge on any atom is 0.354 e. The highest BCUT2D eigenvalue weighted by atomic mass is 35.5. The van der Waals surface area contributed by atoms with Crippen LogP contribution < -0.4 is 10.1 Å². The van der Waals surface area contributed by atoms with Gasteiger partial charge in [0.25, 0.3) is 0 Å². The molecule has 0 aliphatic carbocycles. The van der Waals surface area contributed by atoms with E-state index in [1.165, 1.54) is 4.88 Å². The van der Waals surface area contributed by atoms with Crippen LogP contribution in [0.15, 0.2) is 83.9 Å². The minimum Gasteiger partial charge on any atom is -0.476 e. The number of anilines is 2. The monoisotopic (exact) mass is 643 g/mol. The number of piperazine rings is 1. The number of hydrogen-bond acceptors (Lipinski definition) is 8. The van der Waals surface area contributed by atoms with E-state index < -0.39 is 11.6 Å². The molecule has 4 aromatic rings. The average Bonchev–Trinajstić information content (AvgIpc) is 3.32. The van der Waals surface area contributed by atoms with Gasteiger partial charge in [0.15, 0.2) is 11.4 Å². The maximum atomic E-state index is 13.2. The van der Waals surface area contributed by atoms with Crippen molar-refractivity contribution < 1.29 is 23.5 Å². The number of aliphatic imine (C=N–C) groups is 1. The third kappa shape index (κ3) is 6.76. The van der Waals surface area contributed by atoms with Gasteiger partial charge in [-0.25, -0.2) is 9.79 Å². The summed E-state index contributed by atoms with van der Waals surface area (Å²) < 4.78 is 12.5. The third-order valence-electron chi connectivity index (χ3n) is 8.19. The van der Waals surface area contributed by atoms with E-state index in [9.17, 15) is 9.59 Å². The van der Waals surface area contributed by atoms with Gasteiger partial charge in [-0.05, 0) is 87.5 Å². The number of quaternary nitrogens is 1. The second kappa shape index (κ2) is 12.3. The number of thiophene rings is 1. The van der Waals surface area contributed by atoms with Crippen molar-refractivity contribution in [1.29, 1.82) is 0 Å². The molecule has 10 heteroatoms. The van der Waals surface area contributed by atoms with Crippen molar-refractivity contribution in [3.8, 4) is 5.75 Å². The number of carbonyl (C=O) groups is 2. The van der Waals surface area contributed by atoms with Crippen LogP contribution in [0.5, 0.6) is 5.75 Å². The Balaban J connectivity index is 1.05. The molecule has 0 radical (unpaired) electrons. The van der Waals surface area contributed by atoms with Crippen molar-refractivity contribution in [2.45, 2.75) is 26.4 Å². The van der Waals surface area contributed by atoms with Gasteiger partial charge in [0.05, 0.1) is 50.2 Å². The Bertz CT molecular complexity index is 1760. The number of amidine groups is 1. The zero-order valence-corrected chi connectivity index (χ0v) is 27.4. The smallest absolute Gasteiger partial charge is 0.354 e. The zero-order chi connectivity index (χ0) is 31.8. The molecule has 1 aromatic heterocycles. The molecule has 0 unspecified atom stereocenters. The van der Waals surface area contributed by atoms with E-state index in [0.29, 0.717) is 26.4 Å². The fourth-order valence-electron chi connectivity index (χ4n) is 5.44. The van der Waals surface area contributed by atoms with Crippen molar-refractivity contribution >= 4 is 56.9 Å². The van der Waals surface area contributed by atoms with Crippen molar-refractivity contribution in [1.82, 2.24) is 4.90 Å². The third-order valence-corrected chi connectivity index (χ3v) is 9.41. The van der Waals surface area contributed by atoms with Crippen LogP contribution in [0.4, 0.5) is 16.4 Å². The van der Waals surface area contributed by atoms with Crippen LogP contribution in [0.1, 0.15) is 40.2 Å². The van der Waals surface area contributed by atoms with E-state index in [4.69, 9.17) is 26.1 Å². The number of para-hydroxylation sites is 2. The molecule has 0 amide bonds. The van der Waals surface area contributed by atoms with Crippen molar-refractivity contribution in [3.05, 3.63) is 105 Å². The van der Waals surface area contributed by atoms with Gasteiger partial charge in [-0.3, -0.25) is 9.28 Å². The number of likely N-dealkylation sites (N-methyl/N-ethyl adjacent to an activating group) is 1. The quantitative estimate of drug-likeness (QED) is 0.130. The fourth-order valence-corrected chi connectivity index (χ4v) is 6.49. The van der Waals surface area contributed by atoms with Gasteiger partial charge in [-0.1, -0.05) is 23.7 Å². The Hall–Kier alpha value is -4.18. The molecule has 1 fully saturated rings. The molecule has 1 saturated heterocycles. The lowest BCUT2D eigenvalue weighted by Crippen LogP contribution is -2.59. The molecule has 0 bridgehead atoms. The zero-order valence-electron chi connectivity index (χ0n) is 25.8. The number of halogens is 1. The second-order valence-electron chi connectivity index (χ2n) is 12.3. The van der Waals surface area contributed by atoms with Crippen LogP contribution in [-0.4, -0.2) is 72.5 Å². The number of nitrogens with one attached hydrogen (secondary N) is 1. The van der Waals surface area contributed by atoms with Gasteiger partial charge in [0.2, 0.25) is 6.73 Å². The maximum absolute atomic E-state index is 13.2. The standard InChI is InChI=1S/C35H36ClN4O4S/c1-23-21-28-32(37-29-7-5-6-8-30(29)38-33(28)45-23)39-17-19-40(4,20-18-39)22-43-34(42)35(2,3)44-27-15-11-25(12-16-27)31(41)24-9-13-26(36)14-10-24/h5-16,21,38H,17-20,22H2,1-4H3/q+1. The number of ether oxygens (including phenoxy) is 2. The molecule has 3 heterocycles. The topological polar surface area (TPSA) is 80.2 Å². The van der Waals surface area contributed by atoms with Gasteiger partial charge in [-0.2, -0.15) is 0 Å². The van der Waals surface area contributed by atoms with Crippen LogP contribution in [0.2, 0.25) is 5.02 Å². The highest BCUT2D eigenvalue weighted by Gasteiger charge is 2.37. The summed E-state index contributed by atoms with van der Waals surface area (Å²) in [7, 11) is 2.11. The number of aryl methyl sites for hydroxylation is 1. The van der Waals surface area contributed by atoms with Gasteiger partial charge >= 0.3 is 5.97 Å². The van der Waals surface area contributed by atoms with E-state index in [-0.39, 0.29) is 12.5 Å². The molecule has 232 valence electrons. The number of benzene rings is 3. The normalized spacial score (nSPS) is 15.6. The summed E-state index contributed by atoms with van der Waals surface area (Å²) in [5.74, 6) is 0.889. The van der Waals surface area contributed by atoms with E-state index >= 15 is 0 Å². The lowest BCUT2D eigenvalue weighted by molar-refractivity contribution is -0.929. The summed E-state index contributed by atoms with van der Waals surface area (Å²) in [5.41, 5.74) is 2.90. The van der Waals surface area contributed by atoms with Gasteiger partial charge in [0, 0.05) is 21.0 Å². The Labute approximate surface area is 272 Å². The van der Waals surface area contributed by atoms with Gasteiger partial charge < -0.3 is 19.7 Å². The van der Waals surface area contributed by atoms with E-state index in [2.05, 4.69) is 36.3 Å². The summed E-state index contributed by atoms with van der Waals surface area (Å²) in [5, 5.41) is 5.26. The number of rotatable bonds is 7. The van der Waals surface area contributed by atoms with Gasteiger partial charge in [0.1, 0.15) is 16.6 Å². The van der Waals surface area contributed by atoms with Crippen molar-refractivity contribution in [2.24, 2.45) is 4.99 Å². The first-order valence-electron chi connectivity index (χ1n) is 14.9. The van der Waals surface area contributed by atoms with Crippen LogP contribution in [0.3, 0.4) is 0 Å². The summed E-state index contributed by atoms with van der Waals surface area (Å²) in [6.07, 6.45) is 0. The first-order chi connectivity index (χ1) is 21.5. The lowest BCUT2D eigenvalue weighted by atomic mass is 10.0. The second-order valence-corrected chi connectivity index (χ2v) is 14.0. The van der Waals surface area contributed by atoms with Crippen molar-refractivity contribution in [3.63, 3.8) is 0 Å². The molecule has 8 nitrogen and oxygen atoms in total. The number of esters is 1. The van der Waals surface area contributed by atoms with Crippen LogP contribution in [0.25, 0.3) is 0 Å². The first kappa shape index (κ1) is 30.8. The minimum absolute atomic E-state index is 0.118. The summed E-state index contributed by atoms with van der Waals surface area (Å²) in [4.78, 5) is 34.6. The average molecular weight is 644 g/mol. The Morgan fingerprint density at radius 3 is 2.33 bits per heavy atom. The van der Waals surface area contributed by atoms with E-state index in [1.807, 2.05) is 18.2 Å². The van der Waals surface area contributed by atoms with Crippen molar-refractivity contribution in [2.75, 3.05) is 45.3 Å².